The zero-order chi connectivity index (χ0) is 24.6. The zero-order valence-corrected chi connectivity index (χ0v) is 21.2. The number of rotatable bonds is 2. The summed E-state index contributed by atoms with van der Waals surface area (Å²) in [6.07, 6.45) is 3.31. The van der Waals surface area contributed by atoms with Crippen LogP contribution >= 0.6 is 0 Å². The third kappa shape index (κ3) is 3.34. The molecule has 4 aromatic rings. The first kappa shape index (κ1) is 22.4. The molecule has 2 aliphatic carbocycles. The van der Waals surface area contributed by atoms with Gasteiger partial charge in [-0.3, -0.25) is 0 Å². The van der Waals surface area contributed by atoms with Crippen LogP contribution in [-0.2, 0) is 12.0 Å². The Bertz CT molecular complexity index is 1440. The molecule has 2 N–H and O–H groups in total. The number of aliphatic hydroxyl groups is 1. The number of hydrogen-bond donors (Lipinski definition) is 2. The standard InChI is InChI=1S/C33H34O2/c1-31(2)18-32(3,4)20-33(19-31)27-13-9-8-12-23(27)30-26-14-22(17-34)24(21-10-6-5-7-11-21)15-25(26)29(35)16-28(30)33/h5-16,34-35H,17-20H2,1-4H3. The molecule has 2 aliphatic rings. The van der Waals surface area contributed by atoms with Gasteiger partial charge >= 0.3 is 0 Å². The van der Waals surface area contributed by atoms with E-state index in [0.717, 1.165) is 40.3 Å². The molecule has 1 saturated carbocycles. The van der Waals surface area contributed by atoms with Crippen molar-refractivity contribution in [1.29, 1.82) is 0 Å². The van der Waals surface area contributed by atoms with Gasteiger partial charge in [0.1, 0.15) is 5.75 Å². The highest BCUT2D eigenvalue weighted by Crippen LogP contribution is 2.64. The van der Waals surface area contributed by atoms with Crippen molar-refractivity contribution < 1.29 is 10.2 Å². The van der Waals surface area contributed by atoms with Crippen molar-refractivity contribution in [2.45, 2.75) is 59.0 Å². The van der Waals surface area contributed by atoms with Gasteiger partial charge in [0.25, 0.3) is 0 Å². The van der Waals surface area contributed by atoms with E-state index < -0.39 is 0 Å². The van der Waals surface area contributed by atoms with E-state index in [1.807, 2.05) is 18.2 Å². The van der Waals surface area contributed by atoms with Gasteiger partial charge in [0.05, 0.1) is 6.61 Å². The van der Waals surface area contributed by atoms with Gasteiger partial charge in [-0.1, -0.05) is 82.3 Å². The summed E-state index contributed by atoms with van der Waals surface area (Å²) < 4.78 is 0. The molecule has 0 heterocycles. The molecule has 0 amide bonds. The van der Waals surface area contributed by atoms with Gasteiger partial charge < -0.3 is 10.2 Å². The van der Waals surface area contributed by atoms with Gasteiger partial charge in [0.15, 0.2) is 0 Å². The van der Waals surface area contributed by atoms with Crippen LogP contribution in [0.4, 0.5) is 0 Å². The molecule has 0 saturated heterocycles. The Morgan fingerprint density at radius 3 is 2.03 bits per heavy atom. The van der Waals surface area contributed by atoms with Crippen molar-refractivity contribution in [3.63, 3.8) is 0 Å². The minimum atomic E-state index is -0.125. The van der Waals surface area contributed by atoms with Crippen LogP contribution in [0.5, 0.6) is 5.75 Å². The average molecular weight is 463 g/mol. The van der Waals surface area contributed by atoms with E-state index in [0.29, 0.717) is 5.75 Å². The highest BCUT2D eigenvalue weighted by Gasteiger charge is 2.53. The molecular weight excluding hydrogens is 428 g/mol. The van der Waals surface area contributed by atoms with Crippen LogP contribution in [0, 0.1) is 10.8 Å². The van der Waals surface area contributed by atoms with Gasteiger partial charge in [0.2, 0.25) is 0 Å². The maximum Gasteiger partial charge on any atom is 0.123 e. The molecule has 0 bridgehead atoms. The maximum absolute atomic E-state index is 11.5. The van der Waals surface area contributed by atoms with Crippen molar-refractivity contribution in [2.75, 3.05) is 0 Å². The van der Waals surface area contributed by atoms with E-state index in [2.05, 4.69) is 82.3 Å². The topological polar surface area (TPSA) is 40.5 Å². The predicted molar refractivity (Wildman–Crippen MR) is 145 cm³/mol. The quantitative estimate of drug-likeness (QED) is 0.315. The number of fused-ring (bicyclic) bond motifs is 7. The number of phenolic OH excluding ortho intramolecular Hbond substituents is 1. The lowest BCUT2D eigenvalue weighted by Gasteiger charge is -2.51. The zero-order valence-electron chi connectivity index (χ0n) is 21.2. The number of hydrogen-bond acceptors (Lipinski definition) is 2. The fourth-order valence-electron chi connectivity index (χ4n) is 7.94. The molecule has 178 valence electrons. The van der Waals surface area contributed by atoms with Crippen LogP contribution in [0.25, 0.3) is 33.0 Å². The number of aromatic hydroxyl groups is 1. The summed E-state index contributed by atoms with van der Waals surface area (Å²) in [6.45, 7) is 9.54. The smallest absolute Gasteiger partial charge is 0.123 e. The van der Waals surface area contributed by atoms with Gasteiger partial charge in [-0.15, -0.1) is 0 Å². The van der Waals surface area contributed by atoms with Crippen LogP contribution in [0.3, 0.4) is 0 Å². The van der Waals surface area contributed by atoms with E-state index in [4.69, 9.17) is 0 Å². The van der Waals surface area contributed by atoms with Crippen molar-refractivity contribution >= 4 is 10.8 Å². The summed E-state index contributed by atoms with van der Waals surface area (Å²) in [6, 6.07) is 25.2. The minimum absolute atomic E-state index is 0.0442. The lowest BCUT2D eigenvalue weighted by atomic mass is 9.52. The number of aliphatic hydroxyl groups excluding tert-OH is 1. The van der Waals surface area contributed by atoms with E-state index in [1.165, 1.54) is 28.7 Å². The van der Waals surface area contributed by atoms with Crippen LogP contribution in [0.15, 0.2) is 72.8 Å². The highest BCUT2D eigenvalue weighted by atomic mass is 16.3. The van der Waals surface area contributed by atoms with Gasteiger partial charge in [-0.2, -0.15) is 0 Å². The second-order valence-corrected chi connectivity index (χ2v) is 12.4. The molecule has 1 fully saturated rings. The molecular formula is C33H34O2. The van der Waals surface area contributed by atoms with E-state index in [-0.39, 0.29) is 22.9 Å². The Labute approximate surface area is 208 Å². The number of phenols is 1. The van der Waals surface area contributed by atoms with Crippen molar-refractivity contribution in [3.8, 4) is 28.0 Å². The molecule has 4 aromatic carbocycles. The first-order valence-corrected chi connectivity index (χ1v) is 12.7. The lowest BCUT2D eigenvalue weighted by Crippen LogP contribution is -2.43. The molecule has 35 heavy (non-hydrogen) atoms. The fraction of sp³-hybridized carbons (Fsp3) is 0.333. The first-order chi connectivity index (χ1) is 16.6. The fourth-order valence-corrected chi connectivity index (χ4v) is 7.94. The van der Waals surface area contributed by atoms with Crippen LogP contribution in [-0.4, -0.2) is 10.2 Å². The molecule has 0 atom stereocenters. The molecule has 0 aliphatic heterocycles. The third-order valence-electron chi connectivity index (χ3n) is 8.34. The second kappa shape index (κ2) is 7.45. The lowest BCUT2D eigenvalue weighted by molar-refractivity contribution is 0.0645. The van der Waals surface area contributed by atoms with Gasteiger partial charge in [-0.05, 0) is 92.6 Å². The van der Waals surface area contributed by atoms with Crippen LogP contribution in [0.1, 0.15) is 63.6 Å². The Kier molecular flexibility index (Phi) is 4.76. The number of benzene rings is 4. The molecule has 0 radical (unpaired) electrons. The van der Waals surface area contributed by atoms with E-state index in [1.54, 1.807) is 0 Å². The largest absolute Gasteiger partial charge is 0.507 e. The summed E-state index contributed by atoms with van der Waals surface area (Å²) in [4.78, 5) is 0. The van der Waals surface area contributed by atoms with Gasteiger partial charge in [0, 0.05) is 10.8 Å². The molecule has 2 nitrogen and oxygen atoms in total. The Morgan fingerprint density at radius 1 is 0.686 bits per heavy atom. The van der Waals surface area contributed by atoms with E-state index in [9.17, 15) is 10.2 Å². The summed E-state index contributed by atoms with van der Waals surface area (Å²) >= 11 is 0. The van der Waals surface area contributed by atoms with Crippen molar-refractivity contribution in [3.05, 3.63) is 89.5 Å². The normalized spacial score (nSPS) is 19.0. The summed E-state index contributed by atoms with van der Waals surface area (Å²) in [5, 5.41) is 23.7. The monoisotopic (exact) mass is 462 g/mol. The molecule has 2 heteroatoms. The molecule has 6 rings (SSSR count). The second-order valence-electron chi connectivity index (χ2n) is 12.4. The molecule has 1 spiro atoms. The Hall–Kier alpha value is -3.10. The summed E-state index contributed by atoms with van der Waals surface area (Å²) in [5.41, 5.74) is 8.31. The Morgan fingerprint density at radius 2 is 1.34 bits per heavy atom. The first-order valence-electron chi connectivity index (χ1n) is 12.7. The average Bonchev–Trinajstić information content (AvgIpc) is 3.05. The summed E-state index contributed by atoms with van der Waals surface area (Å²) in [7, 11) is 0. The molecule has 0 unspecified atom stereocenters. The SMILES string of the molecule is CC1(C)CC(C)(C)CC2(C1)c1ccccc1-c1c2cc(O)c2cc(-c3ccccc3)c(CO)cc12. The Balaban J connectivity index is 1.69. The minimum Gasteiger partial charge on any atom is -0.507 e. The van der Waals surface area contributed by atoms with Crippen LogP contribution < -0.4 is 0 Å². The van der Waals surface area contributed by atoms with Crippen molar-refractivity contribution in [1.82, 2.24) is 0 Å². The summed E-state index contributed by atoms with van der Waals surface area (Å²) in [5.74, 6) is 0.328. The third-order valence-corrected chi connectivity index (χ3v) is 8.34. The molecule has 0 aromatic heterocycles. The maximum atomic E-state index is 11.5. The van der Waals surface area contributed by atoms with Crippen LogP contribution in [0.2, 0.25) is 0 Å². The van der Waals surface area contributed by atoms with Gasteiger partial charge in [-0.25, -0.2) is 0 Å². The van der Waals surface area contributed by atoms with E-state index >= 15 is 0 Å². The van der Waals surface area contributed by atoms with Crippen molar-refractivity contribution in [2.24, 2.45) is 10.8 Å². The highest BCUT2D eigenvalue weighted by molar-refractivity contribution is 6.07. The predicted octanol–water partition coefficient (Wildman–Crippen LogP) is 8.21.